The van der Waals surface area contributed by atoms with Crippen LogP contribution in [0.25, 0.3) is 0 Å². The van der Waals surface area contributed by atoms with E-state index in [1.165, 1.54) is 18.6 Å². The zero-order valence-corrected chi connectivity index (χ0v) is 11.5. The molecule has 0 aliphatic heterocycles. The summed E-state index contributed by atoms with van der Waals surface area (Å²) in [5.41, 5.74) is 0. The number of aliphatic hydroxyl groups excluding tert-OH is 1. The Kier molecular flexibility index (Phi) is 13.5. The number of unbranched alkanes of at least 4 members (excludes halogenated alkanes) is 2. The maximum absolute atomic E-state index is 9.56. The summed E-state index contributed by atoms with van der Waals surface area (Å²) in [5.74, 6) is 1.23. The van der Waals surface area contributed by atoms with Crippen molar-refractivity contribution in [1.29, 1.82) is 0 Å². The third kappa shape index (κ3) is 12.3. The molecule has 0 fully saturated rings. The van der Waals surface area contributed by atoms with Crippen molar-refractivity contribution in [2.75, 3.05) is 38.3 Å². The summed E-state index contributed by atoms with van der Waals surface area (Å²) in [6.45, 7) is 4.99. The molecule has 0 saturated heterocycles. The Balaban J connectivity index is 3.08. The molecule has 0 aliphatic carbocycles. The molecule has 4 heteroatoms. The van der Waals surface area contributed by atoms with Gasteiger partial charge in [0.15, 0.2) is 0 Å². The van der Waals surface area contributed by atoms with Gasteiger partial charge in [0.2, 0.25) is 0 Å². The first-order chi connectivity index (χ1) is 7.81. The molecule has 0 heterocycles. The number of rotatable bonds is 12. The third-order valence-corrected chi connectivity index (χ3v) is 2.98. The first kappa shape index (κ1) is 16.2. The molecule has 0 aromatic carbocycles. The maximum Gasteiger partial charge on any atom is 0.0897 e. The predicted molar refractivity (Wildman–Crippen MR) is 72.2 cm³/mol. The largest absolute Gasteiger partial charge is 0.389 e. The Hall–Kier alpha value is 0.230. The average molecular weight is 249 g/mol. The van der Waals surface area contributed by atoms with Crippen molar-refractivity contribution in [3.63, 3.8) is 0 Å². The summed E-state index contributed by atoms with van der Waals surface area (Å²) in [7, 11) is 0. The molecule has 0 spiro atoms. The number of nitrogens with one attached hydrogen (secondary N) is 1. The molecule has 0 radical (unpaired) electrons. The van der Waals surface area contributed by atoms with E-state index in [2.05, 4.69) is 18.5 Å². The van der Waals surface area contributed by atoms with Crippen molar-refractivity contribution in [3.05, 3.63) is 0 Å². The van der Waals surface area contributed by atoms with E-state index in [0.717, 1.165) is 26.0 Å². The third-order valence-electron chi connectivity index (χ3n) is 2.28. The van der Waals surface area contributed by atoms with Crippen molar-refractivity contribution in [3.8, 4) is 0 Å². The molecule has 2 N–H and O–H groups in total. The monoisotopic (exact) mass is 249 g/mol. The standard InChI is InChI=1S/C12H27NO2S/c1-3-4-8-15-11-12(14)10-13-7-5-6-9-16-2/h12-14H,3-11H2,1-2H3. The lowest BCUT2D eigenvalue weighted by atomic mass is 10.3. The van der Waals surface area contributed by atoms with Crippen molar-refractivity contribution in [1.82, 2.24) is 5.32 Å². The van der Waals surface area contributed by atoms with Gasteiger partial charge in [-0.25, -0.2) is 0 Å². The summed E-state index contributed by atoms with van der Waals surface area (Å²) in [4.78, 5) is 0. The van der Waals surface area contributed by atoms with E-state index in [1.807, 2.05) is 11.8 Å². The van der Waals surface area contributed by atoms with Crippen LogP contribution in [0.15, 0.2) is 0 Å². The van der Waals surface area contributed by atoms with Gasteiger partial charge in [0.25, 0.3) is 0 Å². The van der Waals surface area contributed by atoms with Crippen LogP contribution >= 0.6 is 11.8 Å². The van der Waals surface area contributed by atoms with Crippen molar-refractivity contribution in [2.24, 2.45) is 0 Å². The lowest BCUT2D eigenvalue weighted by Gasteiger charge is -2.12. The smallest absolute Gasteiger partial charge is 0.0897 e. The number of ether oxygens (including phenoxy) is 1. The van der Waals surface area contributed by atoms with Gasteiger partial charge in [0, 0.05) is 13.2 Å². The second kappa shape index (κ2) is 13.3. The highest BCUT2D eigenvalue weighted by Gasteiger charge is 2.02. The van der Waals surface area contributed by atoms with Crippen molar-refractivity contribution in [2.45, 2.75) is 38.7 Å². The van der Waals surface area contributed by atoms with Gasteiger partial charge in [-0.2, -0.15) is 11.8 Å². The molecule has 1 unspecified atom stereocenters. The fourth-order valence-corrected chi connectivity index (χ4v) is 1.78. The van der Waals surface area contributed by atoms with E-state index in [-0.39, 0.29) is 6.10 Å². The van der Waals surface area contributed by atoms with Crippen LogP contribution in [-0.4, -0.2) is 49.5 Å². The normalized spacial score (nSPS) is 12.9. The van der Waals surface area contributed by atoms with Crippen LogP contribution in [0.5, 0.6) is 0 Å². The molecule has 0 aliphatic rings. The SMILES string of the molecule is CCCCOCC(O)CNCCCCSC. The van der Waals surface area contributed by atoms with Crippen LogP contribution in [-0.2, 0) is 4.74 Å². The van der Waals surface area contributed by atoms with Gasteiger partial charge in [-0.05, 0) is 37.8 Å². The lowest BCUT2D eigenvalue weighted by molar-refractivity contribution is 0.0360. The molecule has 16 heavy (non-hydrogen) atoms. The van der Waals surface area contributed by atoms with E-state index >= 15 is 0 Å². The zero-order chi connectivity index (χ0) is 12.1. The van der Waals surface area contributed by atoms with Gasteiger partial charge >= 0.3 is 0 Å². The first-order valence-electron chi connectivity index (χ1n) is 6.26. The summed E-state index contributed by atoms with van der Waals surface area (Å²) in [6.07, 6.45) is 6.42. The van der Waals surface area contributed by atoms with Gasteiger partial charge in [-0.3, -0.25) is 0 Å². The van der Waals surface area contributed by atoms with Gasteiger partial charge in [0.1, 0.15) is 0 Å². The molecule has 3 nitrogen and oxygen atoms in total. The minimum atomic E-state index is -0.364. The van der Waals surface area contributed by atoms with Crippen LogP contribution in [0.1, 0.15) is 32.6 Å². The molecule has 0 saturated carbocycles. The van der Waals surface area contributed by atoms with E-state index in [4.69, 9.17) is 4.74 Å². The minimum Gasteiger partial charge on any atom is -0.389 e. The number of hydrogen-bond donors (Lipinski definition) is 2. The van der Waals surface area contributed by atoms with E-state index < -0.39 is 0 Å². The van der Waals surface area contributed by atoms with Crippen LogP contribution in [0.2, 0.25) is 0 Å². The lowest BCUT2D eigenvalue weighted by Crippen LogP contribution is -2.31. The molecular formula is C12H27NO2S. The second-order valence-electron chi connectivity index (χ2n) is 3.99. The van der Waals surface area contributed by atoms with Crippen LogP contribution in [0.3, 0.4) is 0 Å². The second-order valence-corrected chi connectivity index (χ2v) is 4.97. The van der Waals surface area contributed by atoms with Crippen LogP contribution in [0.4, 0.5) is 0 Å². The number of thioether (sulfide) groups is 1. The van der Waals surface area contributed by atoms with Gasteiger partial charge in [0.05, 0.1) is 12.7 Å². The van der Waals surface area contributed by atoms with Gasteiger partial charge in [-0.15, -0.1) is 0 Å². The van der Waals surface area contributed by atoms with Gasteiger partial charge in [-0.1, -0.05) is 13.3 Å². The molecule has 0 rings (SSSR count). The summed E-state index contributed by atoms with van der Waals surface area (Å²) in [5, 5.41) is 12.8. The van der Waals surface area contributed by atoms with E-state index in [0.29, 0.717) is 13.2 Å². The topological polar surface area (TPSA) is 41.5 Å². The minimum absolute atomic E-state index is 0.364. The predicted octanol–water partition coefficient (Wildman–Crippen LogP) is 1.90. The molecule has 0 aromatic rings. The van der Waals surface area contributed by atoms with Crippen molar-refractivity contribution >= 4 is 11.8 Å². The highest BCUT2D eigenvalue weighted by atomic mass is 32.2. The zero-order valence-electron chi connectivity index (χ0n) is 10.7. The number of hydrogen-bond acceptors (Lipinski definition) is 4. The van der Waals surface area contributed by atoms with Crippen molar-refractivity contribution < 1.29 is 9.84 Å². The average Bonchev–Trinajstić information content (AvgIpc) is 2.29. The fourth-order valence-electron chi connectivity index (χ4n) is 1.29. The highest BCUT2D eigenvalue weighted by molar-refractivity contribution is 7.98. The summed E-state index contributed by atoms with van der Waals surface area (Å²) >= 11 is 1.88. The molecular weight excluding hydrogens is 222 g/mol. The summed E-state index contributed by atoms with van der Waals surface area (Å²) in [6, 6.07) is 0. The Morgan fingerprint density at radius 1 is 1.31 bits per heavy atom. The fraction of sp³-hybridized carbons (Fsp3) is 1.00. The quantitative estimate of drug-likeness (QED) is 0.518. The summed E-state index contributed by atoms with van der Waals surface area (Å²) < 4.78 is 5.34. The Labute approximate surface area is 104 Å². The molecule has 0 amide bonds. The Morgan fingerprint density at radius 2 is 2.12 bits per heavy atom. The molecule has 98 valence electrons. The van der Waals surface area contributed by atoms with Crippen LogP contribution in [0, 0.1) is 0 Å². The molecule has 0 bridgehead atoms. The van der Waals surface area contributed by atoms with Gasteiger partial charge < -0.3 is 15.2 Å². The van der Waals surface area contributed by atoms with E-state index in [1.54, 1.807) is 0 Å². The maximum atomic E-state index is 9.56. The number of aliphatic hydroxyl groups is 1. The van der Waals surface area contributed by atoms with E-state index in [9.17, 15) is 5.11 Å². The Bertz CT molecular complexity index is 136. The molecule has 0 aromatic heterocycles. The van der Waals surface area contributed by atoms with Crippen LogP contribution < -0.4 is 5.32 Å². The highest BCUT2D eigenvalue weighted by Crippen LogP contribution is 1.97. The first-order valence-corrected chi connectivity index (χ1v) is 7.66. The molecule has 1 atom stereocenters. The Morgan fingerprint density at radius 3 is 2.81 bits per heavy atom.